The molecule has 2 aromatic carbocycles. The number of nitrogens with one attached hydrogen (secondary N) is 1. The van der Waals surface area contributed by atoms with Crippen LogP contribution in [0.2, 0.25) is 0 Å². The predicted octanol–water partition coefficient (Wildman–Crippen LogP) is 3.85. The first kappa shape index (κ1) is 19.0. The number of nitrogens with zero attached hydrogens (tertiary/aromatic N) is 1. The van der Waals surface area contributed by atoms with Crippen LogP contribution in [0.15, 0.2) is 30.3 Å². The summed E-state index contributed by atoms with van der Waals surface area (Å²) in [6.07, 6.45) is 4.98. The molecule has 0 bridgehead atoms. The summed E-state index contributed by atoms with van der Waals surface area (Å²) in [6, 6.07) is 11.5. The molecule has 2 aromatic rings. The van der Waals surface area contributed by atoms with Gasteiger partial charge in [0, 0.05) is 25.2 Å². The summed E-state index contributed by atoms with van der Waals surface area (Å²) in [5.41, 5.74) is 7.64. The van der Waals surface area contributed by atoms with Crippen molar-refractivity contribution in [2.75, 3.05) is 24.6 Å². The molecule has 3 aliphatic rings. The van der Waals surface area contributed by atoms with Gasteiger partial charge < -0.3 is 20.1 Å². The molecule has 4 heteroatoms. The SMILES string of the molecule is Cc1ccc(C)c2c1C[C@@H](NC1CCN(c3cccc4c3OCCC4)CC1)[C@@H]2O. The second-order valence-electron chi connectivity index (χ2n) is 8.99. The minimum absolute atomic E-state index is 0.133. The first-order valence-electron chi connectivity index (χ1n) is 11.1. The lowest BCUT2D eigenvalue weighted by Crippen LogP contribution is -2.47. The van der Waals surface area contributed by atoms with E-state index in [0.717, 1.165) is 63.1 Å². The van der Waals surface area contributed by atoms with Gasteiger partial charge in [-0.15, -0.1) is 0 Å². The summed E-state index contributed by atoms with van der Waals surface area (Å²) in [6.45, 7) is 7.18. The molecule has 2 N–H and O–H groups in total. The van der Waals surface area contributed by atoms with E-state index in [9.17, 15) is 5.11 Å². The average Bonchev–Trinajstić information content (AvgIpc) is 3.08. The van der Waals surface area contributed by atoms with Gasteiger partial charge in [0.25, 0.3) is 0 Å². The third-order valence-corrected chi connectivity index (χ3v) is 7.11. The fraction of sp³-hybridized carbons (Fsp3) is 0.520. The Balaban J connectivity index is 1.24. The highest BCUT2D eigenvalue weighted by Crippen LogP contribution is 2.38. The van der Waals surface area contributed by atoms with E-state index in [4.69, 9.17) is 4.74 Å². The standard InChI is InChI=1S/C25H32N2O2/c1-16-8-9-17(2)23-20(16)15-21(24(23)28)26-19-10-12-27(13-11-19)22-7-3-5-18-6-4-14-29-25(18)22/h3,5,7-9,19,21,24,26,28H,4,6,10-15H2,1-2H3/t21-,24+/m1/s1. The van der Waals surface area contributed by atoms with Crippen LogP contribution in [-0.2, 0) is 12.8 Å². The molecule has 0 unspecified atom stereocenters. The number of aryl methyl sites for hydroxylation is 3. The van der Waals surface area contributed by atoms with Crippen LogP contribution >= 0.6 is 0 Å². The highest BCUT2D eigenvalue weighted by Gasteiger charge is 2.35. The molecule has 2 atom stereocenters. The second kappa shape index (κ2) is 7.66. The Morgan fingerprint density at radius 1 is 1.07 bits per heavy atom. The van der Waals surface area contributed by atoms with Gasteiger partial charge in [0.15, 0.2) is 0 Å². The molecule has 0 amide bonds. The number of hydrogen-bond acceptors (Lipinski definition) is 4. The second-order valence-corrected chi connectivity index (χ2v) is 8.99. The number of piperidine rings is 1. The van der Waals surface area contributed by atoms with E-state index in [1.54, 1.807) is 0 Å². The van der Waals surface area contributed by atoms with Gasteiger partial charge in [-0.25, -0.2) is 0 Å². The zero-order chi connectivity index (χ0) is 20.0. The minimum atomic E-state index is -0.391. The summed E-state index contributed by atoms with van der Waals surface area (Å²) in [5.74, 6) is 1.11. The molecule has 4 nitrogen and oxygen atoms in total. The number of benzene rings is 2. The van der Waals surface area contributed by atoms with Crippen LogP contribution in [0.25, 0.3) is 0 Å². The van der Waals surface area contributed by atoms with E-state index in [1.807, 2.05) is 0 Å². The lowest BCUT2D eigenvalue weighted by molar-refractivity contribution is 0.131. The highest BCUT2D eigenvalue weighted by atomic mass is 16.5. The summed E-state index contributed by atoms with van der Waals surface area (Å²) < 4.78 is 6.02. The maximum absolute atomic E-state index is 10.9. The maximum Gasteiger partial charge on any atom is 0.145 e. The van der Waals surface area contributed by atoms with Gasteiger partial charge in [0.1, 0.15) is 5.75 Å². The summed E-state index contributed by atoms with van der Waals surface area (Å²) in [5, 5.41) is 14.7. The molecule has 154 valence electrons. The van der Waals surface area contributed by atoms with Gasteiger partial charge >= 0.3 is 0 Å². The van der Waals surface area contributed by atoms with E-state index in [-0.39, 0.29) is 6.04 Å². The number of aliphatic hydroxyl groups excluding tert-OH is 1. The Bertz CT molecular complexity index is 902. The van der Waals surface area contributed by atoms with Crippen LogP contribution in [0.5, 0.6) is 5.75 Å². The molecular weight excluding hydrogens is 360 g/mol. The quantitative estimate of drug-likeness (QED) is 0.833. The zero-order valence-corrected chi connectivity index (χ0v) is 17.6. The lowest BCUT2D eigenvalue weighted by Gasteiger charge is -2.37. The van der Waals surface area contributed by atoms with E-state index in [2.05, 4.69) is 54.4 Å². The molecule has 2 aliphatic heterocycles. The van der Waals surface area contributed by atoms with E-state index >= 15 is 0 Å². The normalized spacial score (nSPS) is 24.2. The largest absolute Gasteiger partial charge is 0.491 e. The third kappa shape index (κ3) is 3.43. The molecule has 29 heavy (non-hydrogen) atoms. The number of aliphatic hydroxyl groups is 1. The summed E-state index contributed by atoms with van der Waals surface area (Å²) in [7, 11) is 0. The zero-order valence-electron chi connectivity index (χ0n) is 17.6. The average molecular weight is 393 g/mol. The molecule has 0 aromatic heterocycles. The van der Waals surface area contributed by atoms with E-state index < -0.39 is 6.10 Å². The van der Waals surface area contributed by atoms with Gasteiger partial charge in [-0.05, 0) is 79.8 Å². The molecule has 1 aliphatic carbocycles. The Labute approximate surface area is 173 Å². The van der Waals surface area contributed by atoms with Crippen molar-refractivity contribution in [3.8, 4) is 5.75 Å². The lowest BCUT2D eigenvalue weighted by atomic mass is 9.99. The van der Waals surface area contributed by atoms with E-state index in [1.165, 1.54) is 27.9 Å². The van der Waals surface area contributed by atoms with Crippen LogP contribution < -0.4 is 15.0 Å². The van der Waals surface area contributed by atoms with Crippen LogP contribution in [0, 0.1) is 13.8 Å². The van der Waals surface area contributed by atoms with Crippen molar-refractivity contribution in [3.63, 3.8) is 0 Å². The van der Waals surface area contributed by atoms with Gasteiger partial charge in [-0.2, -0.15) is 0 Å². The first-order valence-corrected chi connectivity index (χ1v) is 11.1. The van der Waals surface area contributed by atoms with Gasteiger partial charge in [0.05, 0.1) is 18.4 Å². The smallest absolute Gasteiger partial charge is 0.145 e. The molecular formula is C25H32N2O2. The molecule has 1 saturated heterocycles. The van der Waals surface area contributed by atoms with Crippen molar-refractivity contribution in [2.24, 2.45) is 0 Å². The van der Waals surface area contributed by atoms with Crippen molar-refractivity contribution in [3.05, 3.63) is 58.1 Å². The first-order chi connectivity index (χ1) is 14.1. The van der Waals surface area contributed by atoms with Crippen molar-refractivity contribution >= 4 is 5.69 Å². The molecule has 0 radical (unpaired) electrons. The molecule has 2 heterocycles. The fourth-order valence-corrected chi connectivity index (χ4v) is 5.47. The number of hydrogen-bond donors (Lipinski definition) is 2. The Kier molecular flexibility index (Phi) is 5.00. The van der Waals surface area contributed by atoms with Gasteiger partial charge in [0.2, 0.25) is 0 Å². The summed E-state index contributed by atoms with van der Waals surface area (Å²) >= 11 is 0. The van der Waals surface area contributed by atoms with Crippen LogP contribution in [0.4, 0.5) is 5.69 Å². The monoisotopic (exact) mass is 392 g/mol. The van der Waals surface area contributed by atoms with E-state index in [0.29, 0.717) is 6.04 Å². The number of ether oxygens (including phenoxy) is 1. The highest BCUT2D eigenvalue weighted by molar-refractivity contribution is 5.62. The summed E-state index contributed by atoms with van der Waals surface area (Å²) in [4.78, 5) is 2.48. The Hall–Kier alpha value is -2.04. The predicted molar refractivity (Wildman–Crippen MR) is 117 cm³/mol. The number of para-hydroxylation sites is 1. The number of rotatable bonds is 3. The maximum atomic E-state index is 10.9. The van der Waals surface area contributed by atoms with Crippen molar-refractivity contribution < 1.29 is 9.84 Å². The minimum Gasteiger partial charge on any atom is -0.491 e. The third-order valence-electron chi connectivity index (χ3n) is 7.11. The van der Waals surface area contributed by atoms with Gasteiger partial charge in [-0.1, -0.05) is 24.3 Å². The Morgan fingerprint density at radius 2 is 1.86 bits per heavy atom. The van der Waals surface area contributed by atoms with Gasteiger partial charge in [-0.3, -0.25) is 0 Å². The van der Waals surface area contributed by atoms with Crippen molar-refractivity contribution in [1.29, 1.82) is 0 Å². The number of fused-ring (bicyclic) bond motifs is 2. The fourth-order valence-electron chi connectivity index (χ4n) is 5.47. The number of anilines is 1. The van der Waals surface area contributed by atoms with Crippen molar-refractivity contribution in [1.82, 2.24) is 5.32 Å². The van der Waals surface area contributed by atoms with Crippen molar-refractivity contribution in [2.45, 2.75) is 64.1 Å². The molecule has 1 fully saturated rings. The molecule has 0 saturated carbocycles. The molecule has 0 spiro atoms. The Morgan fingerprint density at radius 3 is 2.66 bits per heavy atom. The van der Waals surface area contributed by atoms with Crippen LogP contribution in [0.1, 0.15) is 53.2 Å². The van der Waals surface area contributed by atoms with Crippen LogP contribution in [-0.4, -0.2) is 36.9 Å². The topological polar surface area (TPSA) is 44.7 Å². The van der Waals surface area contributed by atoms with Crippen LogP contribution in [0.3, 0.4) is 0 Å². The molecule has 5 rings (SSSR count).